The Morgan fingerprint density at radius 3 is 2.48 bits per heavy atom. The van der Waals surface area contributed by atoms with Crippen LogP contribution in [0.4, 0.5) is 9.18 Å². The maximum atomic E-state index is 15.1. The monoisotopic (exact) mass is 639 g/mol. The summed E-state index contributed by atoms with van der Waals surface area (Å²) in [6, 6.07) is 3.54. The van der Waals surface area contributed by atoms with Gasteiger partial charge in [-0.05, 0) is 75.3 Å². The van der Waals surface area contributed by atoms with E-state index >= 15 is 4.39 Å². The number of fused-ring (bicyclic) bond motifs is 1. The number of likely N-dealkylation sites (N-methyl/N-ethyl adjacent to an activating group) is 1. The number of rotatable bonds is 14. The summed E-state index contributed by atoms with van der Waals surface area (Å²) in [5.41, 5.74) is 2.34. The number of aromatic nitrogens is 3. The van der Waals surface area contributed by atoms with Crippen LogP contribution in [-0.2, 0) is 14.3 Å². The van der Waals surface area contributed by atoms with E-state index in [-0.39, 0.29) is 29.8 Å². The normalized spacial score (nSPS) is 20.4. The molecule has 252 valence electrons. The van der Waals surface area contributed by atoms with E-state index in [4.69, 9.17) is 4.74 Å². The Hall–Kier alpha value is -3.44. The van der Waals surface area contributed by atoms with Crippen molar-refractivity contribution in [2.75, 3.05) is 33.2 Å². The molecule has 1 N–H and O–H groups in total. The van der Waals surface area contributed by atoms with Crippen LogP contribution in [0.2, 0.25) is 0 Å². The molecule has 0 radical (unpaired) electrons. The first-order valence-corrected chi connectivity index (χ1v) is 16.7. The van der Waals surface area contributed by atoms with Crippen LogP contribution >= 0.6 is 0 Å². The number of aliphatic hydroxyl groups is 1. The number of amides is 1. The van der Waals surface area contributed by atoms with Crippen LogP contribution in [0, 0.1) is 23.6 Å². The van der Waals surface area contributed by atoms with Crippen LogP contribution in [0.5, 0.6) is 0 Å². The molecule has 2 heterocycles. The van der Waals surface area contributed by atoms with Gasteiger partial charge in [0.2, 0.25) is 0 Å². The minimum absolute atomic E-state index is 0.0637. The number of halogens is 1. The highest BCUT2D eigenvalue weighted by Gasteiger charge is 2.27. The van der Waals surface area contributed by atoms with Gasteiger partial charge in [0.25, 0.3) is 0 Å². The van der Waals surface area contributed by atoms with E-state index in [0.29, 0.717) is 43.3 Å². The highest BCUT2D eigenvalue weighted by molar-refractivity contribution is 5.79. The van der Waals surface area contributed by atoms with Gasteiger partial charge < -0.3 is 29.2 Å². The Kier molecular flexibility index (Phi) is 13.0. The predicted molar refractivity (Wildman–Crippen MR) is 176 cm³/mol. The van der Waals surface area contributed by atoms with Gasteiger partial charge in [-0.3, -0.25) is 0 Å². The minimum atomic E-state index is -0.745. The van der Waals surface area contributed by atoms with Gasteiger partial charge in [0.15, 0.2) is 5.82 Å². The van der Waals surface area contributed by atoms with Crippen molar-refractivity contribution >= 4 is 35.8 Å². The molecule has 1 aliphatic carbocycles. The Labute approximate surface area is 271 Å². The van der Waals surface area contributed by atoms with Crippen molar-refractivity contribution in [1.29, 1.82) is 0 Å². The number of allylic oxidation sites excluding steroid dienone is 2. The summed E-state index contributed by atoms with van der Waals surface area (Å²) in [5.74, 6) is -1.30. The number of carbonyl (C=O) groups is 3. The molecule has 0 unspecified atom stereocenters. The molecule has 46 heavy (non-hydrogen) atoms. The van der Waals surface area contributed by atoms with Gasteiger partial charge in [-0.15, -0.1) is 5.10 Å². The van der Waals surface area contributed by atoms with Crippen molar-refractivity contribution in [2.45, 2.75) is 90.4 Å². The zero-order valence-electron chi connectivity index (χ0n) is 27.7. The summed E-state index contributed by atoms with van der Waals surface area (Å²) in [6.07, 6.45) is 11.9. The fourth-order valence-corrected chi connectivity index (χ4v) is 6.48. The van der Waals surface area contributed by atoms with Gasteiger partial charge in [-0.2, -0.15) is 0 Å². The van der Waals surface area contributed by atoms with Crippen LogP contribution in [0.1, 0.15) is 83.7 Å². The third kappa shape index (κ3) is 9.31. The highest BCUT2D eigenvalue weighted by atomic mass is 19.1. The predicted octanol–water partition coefficient (Wildman–Crippen LogP) is 5.61. The molecule has 11 heteroatoms. The number of aliphatic hydroxyl groups excluding tert-OH is 1. The van der Waals surface area contributed by atoms with Gasteiger partial charge in [-0.25, -0.2) is 13.9 Å². The summed E-state index contributed by atoms with van der Waals surface area (Å²) in [4.78, 5) is 40.1. The molecule has 10 nitrogen and oxygen atoms in total. The quantitative estimate of drug-likeness (QED) is 0.210. The number of ether oxygens (including phenoxy) is 1. The van der Waals surface area contributed by atoms with E-state index in [9.17, 15) is 19.5 Å². The fourth-order valence-electron chi connectivity index (χ4n) is 6.48. The Balaban J connectivity index is 1.50. The number of carbonyl (C=O) groups excluding carboxylic acids is 3. The van der Waals surface area contributed by atoms with E-state index in [2.05, 4.69) is 15.2 Å². The molecular weight excluding hydrogens is 589 g/mol. The lowest BCUT2D eigenvalue weighted by Crippen LogP contribution is -2.48. The van der Waals surface area contributed by atoms with Gasteiger partial charge in [0.05, 0.1) is 17.7 Å². The minimum Gasteiger partial charge on any atom is -0.442 e. The van der Waals surface area contributed by atoms with E-state index in [1.165, 1.54) is 12.5 Å². The first kappa shape index (κ1) is 35.4. The molecule has 1 saturated carbocycles. The Morgan fingerprint density at radius 2 is 1.80 bits per heavy atom. The summed E-state index contributed by atoms with van der Waals surface area (Å²) in [5, 5.41) is 18.5. The summed E-state index contributed by atoms with van der Waals surface area (Å²) in [6.45, 7) is 8.43. The summed E-state index contributed by atoms with van der Waals surface area (Å²) >= 11 is 0. The Bertz CT molecular complexity index is 1380. The largest absolute Gasteiger partial charge is 0.442 e. The van der Waals surface area contributed by atoms with Crippen molar-refractivity contribution in [3.8, 4) is 0 Å². The summed E-state index contributed by atoms with van der Waals surface area (Å²) < 4.78 is 22.9. The number of nitrogens with zero attached hydrogens (tertiary/aromatic N) is 5. The molecule has 2 aromatic rings. The van der Waals surface area contributed by atoms with Crippen molar-refractivity contribution in [1.82, 2.24) is 24.8 Å². The van der Waals surface area contributed by atoms with Gasteiger partial charge in [0.1, 0.15) is 24.2 Å². The van der Waals surface area contributed by atoms with Crippen LogP contribution in [0.15, 0.2) is 29.9 Å². The second kappa shape index (κ2) is 16.9. The highest BCUT2D eigenvalue weighted by Crippen LogP contribution is 2.32. The maximum Gasteiger partial charge on any atom is 0.410 e. The molecule has 0 bridgehead atoms. The third-order valence-electron chi connectivity index (χ3n) is 9.59. The van der Waals surface area contributed by atoms with Crippen molar-refractivity contribution < 1.29 is 28.6 Å². The van der Waals surface area contributed by atoms with Gasteiger partial charge >= 0.3 is 6.09 Å². The molecule has 4 rings (SSSR count). The second-order valence-corrected chi connectivity index (χ2v) is 13.2. The zero-order chi connectivity index (χ0) is 33.2. The lowest BCUT2D eigenvalue weighted by Gasteiger charge is -2.33. The van der Waals surface area contributed by atoms with Crippen LogP contribution in [0.3, 0.4) is 0 Å². The van der Waals surface area contributed by atoms with Gasteiger partial charge in [-0.1, -0.05) is 56.0 Å². The molecule has 0 spiro atoms. The number of hydrogen-bond acceptors (Lipinski definition) is 8. The van der Waals surface area contributed by atoms with E-state index in [1.54, 1.807) is 4.90 Å². The lowest BCUT2D eigenvalue weighted by molar-refractivity contribution is -0.111. The average Bonchev–Trinajstić information content (AvgIpc) is 3.47. The van der Waals surface area contributed by atoms with Crippen molar-refractivity contribution in [3.05, 3.63) is 41.2 Å². The molecular formula is C35H50FN5O5. The number of hydrogen-bond donors (Lipinski definition) is 1. The van der Waals surface area contributed by atoms with Crippen molar-refractivity contribution in [2.24, 2.45) is 17.8 Å². The first-order valence-electron chi connectivity index (χ1n) is 16.7. The van der Waals surface area contributed by atoms with Crippen LogP contribution in [-0.4, -0.2) is 94.0 Å². The van der Waals surface area contributed by atoms with Crippen LogP contribution < -0.4 is 0 Å². The maximum absolute atomic E-state index is 15.1. The van der Waals surface area contributed by atoms with E-state index < -0.39 is 30.0 Å². The number of aldehydes is 2. The SMILES string of the molecule is C/C(=C\c1cc(F)c2nnn(C3CCCCC3)c2c1)[C@@H](C=O)[C@@H](C)/C=C/[C@H](OC(=O)N1CCN(C)CC1)[C@@H](C)CC[C@@H](O)CC=O. The number of piperazine rings is 1. The fraction of sp³-hybridized carbons (Fsp3) is 0.629. The molecule has 1 aromatic heterocycles. The number of benzene rings is 1. The molecule has 2 aliphatic rings. The first-order chi connectivity index (χ1) is 22.1. The van der Waals surface area contributed by atoms with Crippen molar-refractivity contribution in [3.63, 3.8) is 0 Å². The molecule has 1 aromatic carbocycles. The van der Waals surface area contributed by atoms with E-state index in [1.807, 2.05) is 56.8 Å². The standard InChI is InChI=1S/C35H50FN5O5/c1-24(11-13-33(25(2)10-12-29(44)14-19-42)46-35(45)40-17-15-39(4)16-18-40)30(23-43)26(3)20-27-21-31(36)34-32(22-27)41(38-37-34)28-8-6-5-7-9-28/h11,13,19-25,28-30,33,44H,5-10,12,14-18H2,1-4H3/b13-11+,26-20+/t24-,25-,29+,30-,33-/m0/s1. The van der Waals surface area contributed by atoms with Crippen LogP contribution in [0.25, 0.3) is 17.1 Å². The molecule has 5 atom stereocenters. The molecule has 1 saturated heterocycles. The van der Waals surface area contributed by atoms with Gasteiger partial charge in [0, 0.05) is 38.5 Å². The lowest BCUT2D eigenvalue weighted by atomic mass is 9.86. The topological polar surface area (TPSA) is 118 Å². The summed E-state index contributed by atoms with van der Waals surface area (Å²) in [7, 11) is 2.01. The third-order valence-corrected chi connectivity index (χ3v) is 9.59. The molecule has 1 aliphatic heterocycles. The zero-order valence-corrected chi connectivity index (χ0v) is 27.7. The van der Waals surface area contributed by atoms with E-state index in [0.717, 1.165) is 50.6 Å². The average molecular weight is 640 g/mol. The molecule has 2 fully saturated rings. The molecule has 1 amide bonds. The second-order valence-electron chi connectivity index (χ2n) is 13.2. The smallest absolute Gasteiger partial charge is 0.410 e. The Morgan fingerprint density at radius 1 is 1.09 bits per heavy atom.